The smallest absolute Gasteiger partial charge is 0.146 e. The molecule has 0 spiro atoms. The molecule has 18 heavy (non-hydrogen) atoms. The van der Waals surface area contributed by atoms with Gasteiger partial charge < -0.3 is 5.73 Å². The van der Waals surface area contributed by atoms with Crippen LogP contribution in [-0.4, -0.2) is 28.5 Å². The molecule has 2 aromatic heterocycles. The zero-order valence-corrected chi connectivity index (χ0v) is 12.0. The number of fused-ring (bicyclic) bond motifs is 1. The monoisotopic (exact) mass is 264 g/mol. The first-order valence-electron chi connectivity index (χ1n) is 6.28. The second-order valence-electron chi connectivity index (χ2n) is 4.87. The Labute approximate surface area is 112 Å². The van der Waals surface area contributed by atoms with Crippen molar-refractivity contribution in [3.05, 3.63) is 17.3 Å². The number of thiophene rings is 1. The summed E-state index contributed by atoms with van der Waals surface area (Å²) in [6.45, 7) is 6.28. The van der Waals surface area contributed by atoms with Gasteiger partial charge >= 0.3 is 0 Å². The fourth-order valence-electron chi connectivity index (χ4n) is 1.96. The maximum absolute atomic E-state index is 5.94. The molecule has 2 rings (SSSR count). The van der Waals surface area contributed by atoms with Gasteiger partial charge in [0.2, 0.25) is 0 Å². The van der Waals surface area contributed by atoms with Crippen molar-refractivity contribution in [3.63, 3.8) is 0 Å². The molecule has 1 atom stereocenters. The summed E-state index contributed by atoms with van der Waals surface area (Å²) < 4.78 is 0. The first kappa shape index (κ1) is 13.2. The highest BCUT2D eigenvalue weighted by atomic mass is 32.1. The molecule has 1 unspecified atom stereocenters. The summed E-state index contributed by atoms with van der Waals surface area (Å²) in [6, 6.07) is 1.97. The van der Waals surface area contributed by atoms with E-state index in [9.17, 15) is 0 Å². The summed E-state index contributed by atoms with van der Waals surface area (Å²) in [5.74, 6) is 2.10. The predicted molar refractivity (Wildman–Crippen MR) is 77.6 cm³/mol. The molecule has 2 N–H and O–H groups in total. The third-order valence-electron chi connectivity index (χ3n) is 3.13. The SMILES string of the molecule is CCC(C)CN(C)Cc1nc(N)c2ccsc2n1. The first-order valence-corrected chi connectivity index (χ1v) is 7.16. The van der Waals surface area contributed by atoms with E-state index in [2.05, 4.69) is 35.8 Å². The van der Waals surface area contributed by atoms with E-state index in [-0.39, 0.29) is 0 Å². The van der Waals surface area contributed by atoms with Crippen molar-refractivity contribution in [2.45, 2.75) is 26.8 Å². The highest BCUT2D eigenvalue weighted by Crippen LogP contribution is 2.23. The largest absolute Gasteiger partial charge is 0.383 e. The van der Waals surface area contributed by atoms with Crippen LogP contribution in [-0.2, 0) is 6.54 Å². The number of anilines is 1. The van der Waals surface area contributed by atoms with Crippen LogP contribution < -0.4 is 5.73 Å². The molecule has 4 nitrogen and oxygen atoms in total. The second-order valence-corrected chi connectivity index (χ2v) is 5.77. The third-order valence-corrected chi connectivity index (χ3v) is 3.94. The molecule has 2 heterocycles. The van der Waals surface area contributed by atoms with Crippen LogP contribution in [0.1, 0.15) is 26.1 Å². The van der Waals surface area contributed by atoms with Crippen LogP contribution in [0.4, 0.5) is 5.82 Å². The Morgan fingerprint density at radius 3 is 2.94 bits per heavy atom. The Morgan fingerprint density at radius 2 is 2.22 bits per heavy atom. The van der Waals surface area contributed by atoms with E-state index in [1.165, 1.54) is 6.42 Å². The molecule has 0 aromatic carbocycles. The highest BCUT2D eigenvalue weighted by Gasteiger charge is 2.10. The fraction of sp³-hybridized carbons (Fsp3) is 0.538. The Balaban J connectivity index is 2.11. The number of aromatic nitrogens is 2. The zero-order valence-electron chi connectivity index (χ0n) is 11.2. The van der Waals surface area contributed by atoms with Crippen molar-refractivity contribution < 1.29 is 0 Å². The molecule has 0 aliphatic heterocycles. The van der Waals surface area contributed by atoms with E-state index in [1.54, 1.807) is 11.3 Å². The van der Waals surface area contributed by atoms with Crippen LogP contribution in [0, 0.1) is 5.92 Å². The quantitative estimate of drug-likeness (QED) is 0.902. The van der Waals surface area contributed by atoms with Crippen molar-refractivity contribution in [1.29, 1.82) is 0 Å². The van der Waals surface area contributed by atoms with Gasteiger partial charge in [0.25, 0.3) is 0 Å². The van der Waals surface area contributed by atoms with Crippen LogP contribution in [0.2, 0.25) is 0 Å². The lowest BCUT2D eigenvalue weighted by Crippen LogP contribution is -2.24. The van der Waals surface area contributed by atoms with Gasteiger partial charge in [0.05, 0.1) is 11.9 Å². The van der Waals surface area contributed by atoms with Crippen molar-refractivity contribution in [1.82, 2.24) is 14.9 Å². The number of hydrogen-bond donors (Lipinski definition) is 1. The van der Waals surface area contributed by atoms with Gasteiger partial charge in [-0.25, -0.2) is 9.97 Å². The minimum Gasteiger partial charge on any atom is -0.383 e. The number of rotatable bonds is 5. The molecular weight excluding hydrogens is 244 g/mol. The average Bonchev–Trinajstić information content (AvgIpc) is 2.77. The molecule has 0 saturated carbocycles. The molecule has 5 heteroatoms. The van der Waals surface area contributed by atoms with Crippen LogP contribution in [0.5, 0.6) is 0 Å². The standard InChI is InChI=1S/C13H20N4S/c1-4-9(2)7-17(3)8-11-15-12(14)10-5-6-18-13(10)16-11/h5-6,9H,4,7-8H2,1-3H3,(H2,14,15,16). The summed E-state index contributed by atoms with van der Waals surface area (Å²) >= 11 is 1.61. The molecule has 0 fully saturated rings. The van der Waals surface area contributed by atoms with Gasteiger partial charge in [-0.2, -0.15) is 0 Å². The minimum atomic E-state index is 0.591. The number of nitrogens with zero attached hydrogens (tertiary/aromatic N) is 3. The molecule has 0 saturated heterocycles. The summed E-state index contributed by atoms with van der Waals surface area (Å²) in [5.41, 5.74) is 5.94. The number of nitrogens with two attached hydrogens (primary N) is 1. The third kappa shape index (κ3) is 2.97. The van der Waals surface area contributed by atoms with Crippen molar-refractivity contribution in [2.24, 2.45) is 5.92 Å². The van der Waals surface area contributed by atoms with Crippen LogP contribution in [0.15, 0.2) is 11.4 Å². The van der Waals surface area contributed by atoms with Gasteiger partial charge in [-0.3, -0.25) is 4.90 Å². The van der Waals surface area contributed by atoms with Crippen LogP contribution >= 0.6 is 11.3 Å². The Hall–Kier alpha value is -1.20. The summed E-state index contributed by atoms with van der Waals surface area (Å²) in [4.78, 5) is 12.2. The lowest BCUT2D eigenvalue weighted by atomic mass is 10.1. The summed E-state index contributed by atoms with van der Waals surface area (Å²) in [5, 5.41) is 2.97. The maximum atomic E-state index is 5.94. The Morgan fingerprint density at radius 1 is 1.44 bits per heavy atom. The number of hydrogen-bond acceptors (Lipinski definition) is 5. The van der Waals surface area contributed by atoms with Gasteiger partial charge in [-0.15, -0.1) is 11.3 Å². The lowest BCUT2D eigenvalue weighted by Gasteiger charge is -2.19. The van der Waals surface area contributed by atoms with Gasteiger partial charge in [-0.1, -0.05) is 20.3 Å². The van der Waals surface area contributed by atoms with E-state index < -0.39 is 0 Å². The van der Waals surface area contributed by atoms with E-state index in [0.717, 1.165) is 29.1 Å². The van der Waals surface area contributed by atoms with E-state index in [0.29, 0.717) is 11.7 Å². The molecule has 0 aliphatic carbocycles. The Kier molecular flexibility index (Phi) is 4.14. The topological polar surface area (TPSA) is 55.0 Å². The fourth-order valence-corrected chi connectivity index (χ4v) is 2.75. The zero-order chi connectivity index (χ0) is 13.1. The molecule has 0 bridgehead atoms. The maximum Gasteiger partial charge on any atom is 0.146 e. The van der Waals surface area contributed by atoms with Crippen molar-refractivity contribution in [2.75, 3.05) is 19.3 Å². The number of nitrogen functional groups attached to an aromatic ring is 1. The van der Waals surface area contributed by atoms with Crippen molar-refractivity contribution >= 4 is 27.4 Å². The van der Waals surface area contributed by atoms with Crippen LogP contribution in [0.3, 0.4) is 0 Å². The average molecular weight is 264 g/mol. The molecule has 98 valence electrons. The van der Waals surface area contributed by atoms with E-state index >= 15 is 0 Å². The Bertz CT molecular complexity index is 523. The van der Waals surface area contributed by atoms with E-state index in [1.807, 2.05) is 11.4 Å². The summed E-state index contributed by atoms with van der Waals surface area (Å²) in [6.07, 6.45) is 1.19. The molecule has 0 aliphatic rings. The molecular formula is C13H20N4S. The van der Waals surface area contributed by atoms with Gasteiger partial charge in [-0.05, 0) is 24.4 Å². The lowest BCUT2D eigenvalue weighted by molar-refractivity contribution is 0.270. The first-order chi connectivity index (χ1) is 8.60. The highest BCUT2D eigenvalue weighted by molar-refractivity contribution is 7.16. The van der Waals surface area contributed by atoms with Crippen LogP contribution in [0.25, 0.3) is 10.2 Å². The minimum absolute atomic E-state index is 0.591. The summed E-state index contributed by atoms with van der Waals surface area (Å²) in [7, 11) is 2.10. The van der Waals surface area contributed by atoms with Gasteiger partial charge in [0.15, 0.2) is 0 Å². The molecule has 0 radical (unpaired) electrons. The van der Waals surface area contributed by atoms with Crippen molar-refractivity contribution in [3.8, 4) is 0 Å². The molecule has 2 aromatic rings. The molecule has 0 amide bonds. The van der Waals surface area contributed by atoms with E-state index in [4.69, 9.17) is 5.73 Å². The predicted octanol–water partition coefficient (Wildman–Crippen LogP) is 2.75. The van der Waals surface area contributed by atoms with Gasteiger partial charge in [0.1, 0.15) is 16.5 Å². The second kappa shape index (κ2) is 5.63. The normalized spacial score (nSPS) is 13.3. The van der Waals surface area contributed by atoms with Gasteiger partial charge in [0, 0.05) is 6.54 Å².